The number of carbonyl (C=O) groups excluding carboxylic acids is 1. The zero-order chi connectivity index (χ0) is 14.0. The molecule has 0 spiro atoms. The van der Waals surface area contributed by atoms with Crippen molar-refractivity contribution in [3.8, 4) is 0 Å². The first-order chi connectivity index (χ1) is 9.02. The molecule has 0 bridgehead atoms. The third-order valence-electron chi connectivity index (χ3n) is 3.72. The average molecular weight is 328 g/mol. The van der Waals surface area contributed by atoms with Gasteiger partial charge in [-0.05, 0) is 48.2 Å². The summed E-state index contributed by atoms with van der Waals surface area (Å²) in [7, 11) is 0. The third kappa shape index (κ3) is 3.20. The number of halogens is 1. The van der Waals surface area contributed by atoms with E-state index in [1.807, 2.05) is 21.7 Å². The lowest BCUT2D eigenvalue weighted by atomic mass is 9.99. The molecule has 1 amide bonds. The van der Waals surface area contributed by atoms with Crippen LogP contribution in [0.2, 0.25) is 0 Å². The molecular weight excluding hydrogens is 306 g/mol. The van der Waals surface area contributed by atoms with Crippen LogP contribution >= 0.6 is 15.9 Å². The minimum absolute atomic E-state index is 0.124. The predicted octanol–water partition coefficient (Wildman–Crippen LogP) is 2.61. The number of hydrogen-bond donors (Lipinski definition) is 1. The largest absolute Gasteiger partial charge is 0.342 e. The summed E-state index contributed by atoms with van der Waals surface area (Å²) in [6.45, 7) is 5.83. The van der Waals surface area contributed by atoms with Crippen LogP contribution in [0.4, 0.5) is 0 Å². The highest BCUT2D eigenvalue weighted by atomic mass is 79.9. The second-order valence-electron chi connectivity index (χ2n) is 5.37. The smallest absolute Gasteiger partial charge is 0.270 e. The van der Waals surface area contributed by atoms with Crippen molar-refractivity contribution in [1.82, 2.24) is 9.47 Å². The number of aromatic nitrogens is 1. The lowest BCUT2D eigenvalue weighted by Crippen LogP contribution is -2.48. The Hall–Kier alpha value is -0.810. The molecule has 106 valence electrons. The molecule has 1 saturated heterocycles. The molecule has 0 saturated carbocycles. The molecule has 19 heavy (non-hydrogen) atoms. The molecule has 4 nitrogen and oxygen atoms in total. The van der Waals surface area contributed by atoms with E-state index in [2.05, 4.69) is 29.8 Å². The van der Waals surface area contributed by atoms with Crippen molar-refractivity contribution in [2.75, 3.05) is 6.54 Å². The highest BCUT2D eigenvalue weighted by Gasteiger charge is 2.29. The van der Waals surface area contributed by atoms with Crippen LogP contribution in [0.3, 0.4) is 0 Å². The highest BCUT2D eigenvalue weighted by molar-refractivity contribution is 9.10. The van der Waals surface area contributed by atoms with Crippen molar-refractivity contribution in [3.05, 3.63) is 22.4 Å². The van der Waals surface area contributed by atoms with Crippen molar-refractivity contribution in [2.24, 2.45) is 5.73 Å². The van der Waals surface area contributed by atoms with Gasteiger partial charge in [0.25, 0.3) is 5.91 Å². The molecule has 0 radical (unpaired) electrons. The van der Waals surface area contributed by atoms with E-state index >= 15 is 0 Å². The fourth-order valence-corrected chi connectivity index (χ4v) is 3.20. The van der Waals surface area contributed by atoms with Gasteiger partial charge in [0.1, 0.15) is 5.69 Å². The number of piperidine rings is 1. The molecule has 2 heterocycles. The third-order valence-corrected chi connectivity index (χ3v) is 4.16. The molecule has 2 rings (SSSR count). The summed E-state index contributed by atoms with van der Waals surface area (Å²) in [5.41, 5.74) is 6.73. The fraction of sp³-hybridized carbons (Fsp3) is 0.643. The first kappa shape index (κ1) is 14.6. The van der Waals surface area contributed by atoms with Gasteiger partial charge in [0.05, 0.1) is 0 Å². The Morgan fingerprint density at radius 2 is 2.32 bits per heavy atom. The second-order valence-corrected chi connectivity index (χ2v) is 6.28. The van der Waals surface area contributed by atoms with E-state index in [-0.39, 0.29) is 18.0 Å². The Bertz CT molecular complexity index is 458. The van der Waals surface area contributed by atoms with Crippen molar-refractivity contribution >= 4 is 21.8 Å². The average Bonchev–Trinajstić information content (AvgIpc) is 2.70. The summed E-state index contributed by atoms with van der Waals surface area (Å²) in [5.74, 6) is 0.124. The van der Waals surface area contributed by atoms with E-state index in [0.29, 0.717) is 0 Å². The summed E-state index contributed by atoms with van der Waals surface area (Å²) in [4.78, 5) is 14.6. The number of amides is 1. The van der Waals surface area contributed by atoms with Crippen LogP contribution in [0.15, 0.2) is 16.7 Å². The number of hydrogen-bond acceptors (Lipinski definition) is 2. The van der Waals surface area contributed by atoms with Gasteiger partial charge in [-0.2, -0.15) is 0 Å². The van der Waals surface area contributed by atoms with Crippen LogP contribution in [0.25, 0.3) is 0 Å². The molecule has 1 aromatic rings. The Kier molecular flexibility index (Phi) is 4.68. The van der Waals surface area contributed by atoms with Gasteiger partial charge in [-0.15, -0.1) is 0 Å². The maximum Gasteiger partial charge on any atom is 0.270 e. The van der Waals surface area contributed by atoms with Crippen LogP contribution < -0.4 is 5.73 Å². The molecule has 2 unspecified atom stereocenters. The molecule has 2 N–H and O–H groups in total. The standard InChI is InChI=1S/C14H22BrN3O/c1-3-5-17-9-11(15)8-13(17)14(19)18-6-4-12(16)7-10(18)2/h8-10,12H,3-7,16H2,1-2H3. The Morgan fingerprint density at radius 1 is 1.58 bits per heavy atom. The van der Waals surface area contributed by atoms with Crippen LogP contribution in [0, 0.1) is 0 Å². The molecule has 5 heteroatoms. The summed E-state index contributed by atoms with van der Waals surface area (Å²) >= 11 is 3.46. The zero-order valence-electron chi connectivity index (χ0n) is 11.6. The van der Waals surface area contributed by atoms with E-state index < -0.39 is 0 Å². The monoisotopic (exact) mass is 327 g/mol. The molecular formula is C14H22BrN3O. The van der Waals surface area contributed by atoms with Gasteiger partial charge in [0.2, 0.25) is 0 Å². The first-order valence-electron chi connectivity index (χ1n) is 6.95. The van der Waals surface area contributed by atoms with E-state index in [4.69, 9.17) is 5.73 Å². The SMILES string of the molecule is CCCn1cc(Br)cc1C(=O)N1CCC(N)CC1C. The van der Waals surface area contributed by atoms with E-state index in [1.54, 1.807) is 0 Å². The van der Waals surface area contributed by atoms with Crippen LogP contribution in [-0.2, 0) is 6.54 Å². The summed E-state index contributed by atoms with van der Waals surface area (Å²) in [6.07, 6.45) is 4.78. The number of aryl methyl sites for hydroxylation is 1. The second kappa shape index (κ2) is 6.09. The number of likely N-dealkylation sites (tertiary alicyclic amines) is 1. The zero-order valence-corrected chi connectivity index (χ0v) is 13.2. The maximum absolute atomic E-state index is 12.7. The van der Waals surface area contributed by atoms with E-state index in [0.717, 1.165) is 42.5 Å². The highest BCUT2D eigenvalue weighted by Crippen LogP contribution is 2.22. The van der Waals surface area contributed by atoms with E-state index in [9.17, 15) is 4.79 Å². The number of nitrogens with zero attached hydrogens (tertiary/aromatic N) is 2. The Balaban J connectivity index is 2.19. The summed E-state index contributed by atoms with van der Waals surface area (Å²) in [5, 5.41) is 0. The number of nitrogens with two attached hydrogens (primary N) is 1. The normalized spacial score (nSPS) is 23.7. The quantitative estimate of drug-likeness (QED) is 0.927. The van der Waals surface area contributed by atoms with Crippen LogP contribution in [0.5, 0.6) is 0 Å². The molecule has 1 aliphatic heterocycles. The van der Waals surface area contributed by atoms with Crippen molar-refractivity contribution < 1.29 is 4.79 Å². The van der Waals surface area contributed by atoms with Gasteiger partial charge in [0.15, 0.2) is 0 Å². The molecule has 0 aliphatic carbocycles. The van der Waals surface area contributed by atoms with Crippen molar-refractivity contribution in [2.45, 2.75) is 51.7 Å². The van der Waals surface area contributed by atoms with Crippen LogP contribution in [0.1, 0.15) is 43.6 Å². The van der Waals surface area contributed by atoms with Gasteiger partial charge >= 0.3 is 0 Å². The van der Waals surface area contributed by atoms with Crippen molar-refractivity contribution in [3.63, 3.8) is 0 Å². The maximum atomic E-state index is 12.7. The van der Waals surface area contributed by atoms with Crippen LogP contribution in [-0.4, -0.2) is 34.0 Å². The Morgan fingerprint density at radius 3 is 2.95 bits per heavy atom. The fourth-order valence-electron chi connectivity index (χ4n) is 2.74. The minimum Gasteiger partial charge on any atom is -0.342 e. The summed E-state index contributed by atoms with van der Waals surface area (Å²) < 4.78 is 3.00. The topological polar surface area (TPSA) is 51.3 Å². The van der Waals surface area contributed by atoms with E-state index in [1.165, 1.54) is 0 Å². The van der Waals surface area contributed by atoms with Gasteiger partial charge in [0, 0.05) is 35.8 Å². The van der Waals surface area contributed by atoms with Gasteiger partial charge in [-0.1, -0.05) is 6.92 Å². The lowest BCUT2D eigenvalue weighted by Gasteiger charge is -2.36. The lowest BCUT2D eigenvalue weighted by molar-refractivity contribution is 0.0608. The predicted molar refractivity (Wildman–Crippen MR) is 80.1 cm³/mol. The number of carbonyl (C=O) groups is 1. The van der Waals surface area contributed by atoms with Crippen molar-refractivity contribution in [1.29, 1.82) is 0 Å². The van der Waals surface area contributed by atoms with Gasteiger partial charge < -0.3 is 15.2 Å². The molecule has 2 atom stereocenters. The molecule has 1 aliphatic rings. The molecule has 1 aromatic heterocycles. The number of rotatable bonds is 3. The molecule has 0 aromatic carbocycles. The Labute approximate surface area is 123 Å². The van der Waals surface area contributed by atoms with Gasteiger partial charge in [-0.25, -0.2) is 0 Å². The summed E-state index contributed by atoms with van der Waals surface area (Å²) in [6, 6.07) is 2.37. The first-order valence-corrected chi connectivity index (χ1v) is 7.74. The van der Waals surface area contributed by atoms with Gasteiger partial charge in [-0.3, -0.25) is 4.79 Å². The minimum atomic E-state index is 0.124. The molecule has 1 fully saturated rings.